The molecule has 4 aromatic rings. The maximum absolute atomic E-state index is 13.9. The second kappa shape index (κ2) is 14.2. The van der Waals surface area contributed by atoms with Gasteiger partial charge in [0.25, 0.3) is 5.91 Å². The van der Waals surface area contributed by atoms with E-state index in [0.29, 0.717) is 29.9 Å². The minimum atomic E-state index is -0.588. The first-order chi connectivity index (χ1) is 23.0. The molecule has 11 heteroatoms. The molecule has 0 aliphatic carbocycles. The van der Waals surface area contributed by atoms with Crippen molar-refractivity contribution in [3.05, 3.63) is 41.6 Å². The van der Waals surface area contributed by atoms with Crippen molar-refractivity contribution in [2.45, 2.75) is 103 Å². The van der Waals surface area contributed by atoms with Gasteiger partial charge in [0.2, 0.25) is 0 Å². The van der Waals surface area contributed by atoms with Crippen LogP contribution in [0.15, 0.2) is 30.3 Å². The van der Waals surface area contributed by atoms with E-state index in [4.69, 9.17) is 24.2 Å². The lowest BCUT2D eigenvalue weighted by atomic mass is 10.0. The molecule has 1 saturated heterocycles. The van der Waals surface area contributed by atoms with E-state index < -0.39 is 11.7 Å². The molecular weight excluding hydrogens is 608 g/mol. The SMILES string of the molecule is COc1cc(C(=O)N2CCC[C@@H](NC(=O)OC(C)(C)C)C2)cc2nc(-c3cc4ccc5nc4n3CCCCCCCCOC5C)n(C)c12. The fourth-order valence-corrected chi connectivity index (χ4v) is 6.96. The third-order valence-corrected chi connectivity index (χ3v) is 9.39. The molecule has 1 fully saturated rings. The number of nitrogens with one attached hydrogen (secondary N) is 1. The van der Waals surface area contributed by atoms with Crippen LogP contribution in [-0.2, 0) is 23.1 Å². The minimum Gasteiger partial charge on any atom is -0.494 e. The van der Waals surface area contributed by atoms with E-state index in [0.717, 1.165) is 79.0 Å². The number of likely N-dealkylation sites (tertiary alicyclic amines) is 1. The van der Waals surface area contributed by atoms with Gasteiger partial charge in [0.1, 0.15) is 22.5 Å². The second-order valence-electron chi connectivity index (χ2n) is 14.2. The van der Waals surface area contributed by atoms with Crippen LogP contribution in [0.1, 0.15) is 101 Å². The Labute approximate surface area is 282 Å². The van der Waals surface area contributed by atoms with Gasteiger partial charge in [-0.2, -0.15) is 0 Å². The highest BCUT2D eigenvalue weighted by Crippen LogP contribution is 2.35. The van der Waals surface area contributed by atoms with Crippen molar-refractivity contribution in [3.8, 4) is 17.3 Å². The summed E-state index contributed by atoms with van der Waals surface area (Å²) < 4.78 is 21.8. The van der Waals surface area contributed by atoms with E-state index in [9.17, 15) is 9.59 Å². The van der Waals surface area contributed by atoms with Gasteiger partial charge >= 0.3 is 6.09 Å². The number of pyridine rings is 1. The number of aryl methyl sites for hydroxylation is 2. The summed E-state index contributed by atoms with van der Waals surface area (Å²) in [5.41, 5.74) is 4.27. The summed E-state index contributed by atoms with van der Waals surface area (Å²) in [4.78, 5) is 38.3. The number of amides is 2. The smallest absolute Gasteiger partial charge is 0.407 e. The molecule has 0 spiro atoms. The summed E-state index contributed by atoms with van der Waals surface area (Å²) in [5, 5.41) is 4.00. The molecule has 1 unspecified atom stereocenters. The van der Waals surface area contributed by atoms with Crippen molar-refractivity contribution in [3.63, 3.8) is 0 Å². The molecule has 2 aliphatic heterocycles. The zero-order chi connectivity index (χ0) is 34.0. The van der Waals surface area contributed by atoms with Crippen LogP contribution >= 0.6 is 0 Å². The Hall–Kier alpha value is -4.12. The first-order valence-corrected chi connectivity index (χ1v) is 17.5. The molecule has 2 aliphatic rings. The van der Waals surface area contributed by atoms with Gasteiger partial charge in [0, 0.05) is 50.3 Å². The summed E-state index contributed by atoms with van der Waals surface area (Å²) in [6.07, 6.45) is 7.93. The van der Waals surface area contributed by atoms with Crippen molar-refractivity contribution in [1.82, 2.24) is 29.3 Å². The number of carbonyl (C=O) groups excluding carboxylic acids is 2. The predicted molar refractivity (Wildman–Crippen MR) is 186 cm³/mol. The average molecular weight is 659 g/mol. The molecule has 1 aromatic carbocycles. The average Bonchev–Trinajstić information content (AvgIpc) is 3.58. The summed E-state index contributed by atoms with van der Waals surface area (Å²) in [6.45, 7) is 10.2. The maximum Gasteiger partial charge on any atom is 0.407 e. The largest absolute Gasteiger partial charge is 0.494 e. The molecule has 11 nitrogen and oxygen atoms in total. The topological polar surface area (TPSA) is 113 Å². The van der Waals surface area contributed by atoms with Gasteiger partial charge in [-0.25, -0.2) is 14.8 Å². The fraction of sp³-hybridized carbons (Fsp3) is 0.568. The lowest BCUT2D eigenvalue weighted by molar-refractivity contribution is 0.0452. The third kappa shape index (κ3) is 7.31. The fourth-order valence-electron chi connectivity index (χ4n) is 6.96. The predicted octanol–water partition coefficient (Wildman–Crippen LogP) is 7.16. The molecular formula is C37H50N6O5. The zero-order valence-corrected chi connectivity index (χ0v) is 29.3. The molecule has 0 saturated carbocycles. The van der Waals surface area contributed by atoms with E-state index >= 15 is 0 Å². The van der Waals surface area contributed by atoms with Gasteiger partial charge < -0.3 is 33.6 Å². The van der Waals surface area contributed by atoms with E-state index in [1.807, 2.05) is 33.9 Å². The Morgan fingerprint density at radius 1 is 0.979 bits per heavy atom. The van der Waals surface area contributed by atoms with Crippen LogP contribution in [0, 0.1) is 0 Å². The van der Waals surface area contributed by atoms with Crippen molar-refractivity contribution < 1.29 is 23.8 Å². The van der Waals surface area contributed by atoms with Crippen molar-refractivity contribution in [2.24, 2.45) is 7.05 Å². The highest BCUT2D eigenvalue weighted by molar-refractivity contribution is 6.00. The lowest BCUT2D eigenvalue weighted by Gasteiger charge is -2.33. The Morgan fingerprint density at radius 2 is 1.75 bits per heavy atom. The number of ether oxygens (including phenoxy) is 3. The molecule has 2 atom stereocenters. The highest BCUT2D eigenvalue weighted by atomic mass is 16.6. The molecule has 2 amide bonds. The molecule has 5 heterocycles. The van der Waals surface area contributed by atoms with Gasteiger partial charge in [-0.05, 0) is 83.7 Å². The van der Waals surface area contributed by atoms with Crippen LogP contribution in [0.5, 0.6) is 5.75 Å². The number of hydrogen-bond acceptors (Lipinski definition) is 7. The monoisotopic (exact) mass is 658 g/mol. The van der Waals surface area contributed by atoms with Crippen LogP contribution in [-0.4, -0.2) is 74.5 Å². The summed E-state index contributed by atoms with van der Waals surface area (Å²) in [7, 11) is 3.62. The number of alkyl carbamates (subject to hydrolysis) is 1. The van der Waals surface area contributed by atoms with E-state index in [1.54, 1.807) is 18.1 Å². The van der Waals surface area contributed by atoms with E-state index in [1.165, 1.54) is 19.3 Å². The number of aromatic nitrogens is 4. The molecule has 2 bridgehead atoms. The minimum absolute atomic E-state index is 0.0802. The van der Waals surface area contributed by atoms with Crippen LogP contribution in [0.25, 0.3) is 33.6 Å². The number of fused-ring (bicyclic) bond motifs is 2. The number of nitrogens with zero attached hydrogens (tertiary/aromatic N) is 5. The first-order valence-electron chi connectivity index (χ1n) is 17.5. The zero-order valence-electron chi connectivity index (χ0n) is 29.3. The Balaban J connectivity index is 1.33. The third-order valence-electron chi connectivity index (χ3n) is 9.39. The van der Waals surface area contributed by atoms with E-state index in [-0.39, 0.29) is 18.1 Å². The van der Waals surface area contributed by atoms with Crippen molar-refractivity contribution in [1.29, 1.82) is 0 Å². The van der Waals surface area contributed by atoms with Crippen molar-refractivity contribution >= 4 is 34.1 Å². The molecule has 6 rings (SSSR count). The number of benzene rings is 1. The van der Waals surface area contributed by atoms with E-state index in [2.05, 4.69) is 39.6 Å². The number of piperidine rings is 1. The molecule has 3 aromatic heterocycles. The molecule has 0 radical (unpaired) electrons. The number of methoxy groups -OCH3 is 1. The highest BCUT2D eigenvalue weighted by Gasteiger charge is 2.29. The summed E-state index contributed by atoms with van der Waals surface area (Å²) >= 11 is 0. The van der Waals surface area contributed by atoms with Gasteiger partial charge in [0.15, 0.2) is 5.82 Å². The number of hydrogen-bond donors (Lipinski definition) is 1. The molecule has 258 valence electrons. The van der Waals surface area contributed by atoms with Gasteiger partial charge in [-0.15, -0.1) is 0 Å². The Bertz CT molecular complexity index is 1790. The Morgan fingerprint density at radius 3 is 2.52 bits per heavy atom. The lowest BCUT2D eigenvalue weighted by Crippen LogP contribution is -2.50. The molecule has 1 N–H and O–H groups in total. The van der Waals surface area contributed by atoms with Crippen LogP contribution in [0.2, 0.25) is 0 Å². The normalized spacial score (nSPS) is 19.8. The number of imidazole rings is 1. The maximum atomic E-state index is 13.9. The van der Waals surface area contributed by atoms with Crippen molar-refractivity contribution in [2.75, 3.05) is 26.8 Å². The van der Waals surface area contributed by atoms with Gasteiger partial charge in [0.05, 0.1) is 30.1 Å². The van der Waals surface area contributed by atoms with Gasteiger partial charge in [-0.1, -0.05) is 25.7 Å². The summed E-state index contributed by atoms with van der Waals surface area (Å²) in [5.74, 6) is 1.26. The standard InChI is InChI=1S/C37H50N6O5/c1-24-28-16-15-25-21-30(43(33(25)39-28)18-11-9-7-8-10-12-19-47-24)34-40-29-20-26(22-31(46-6)32(29)41(34)5)35(44)42-17-13-14-27(23-42)38-36(45)48-37(2,3)4/h15-16,20-22,24,27H,7-14,17-19,23H2,1-6H3,(H,38,45)/t24?,27-/m1/s1. The second-order valence-corrected chi connectivity index (χ2v) is 14.2. The van der Waals surface area contributed by atoms with Crippen LogP contribution in [0.4, 0.5) is 4.79 Å². The number of carbonyl (C=O) groups is 2. The quantitative estimate of drug-likeness (QED) is 0.248. The first kappa shape index (κ1) is 33.8. The van der Waals surface area contributed by atoms with Crippen LogP contribution < -0.4 is 10.1 Å². The van der Waals surface area contributed by atoms with Gasteiger partial charge in [-0.3, -0.25) is 4.79 Å². The summed E-state index contributed by atoms with van der Waals surface area (Å²) in [6, 6.07) is 9.84. The molecule has 48 heavy (non-hydrogen) atoms. The Kier molecular flexibility index (Phi) is 9.96. The van der Waals surface area contributed by atoms with Crippen LogP contribution in [0.3, 0.4) is 0 Å². The number of rotatable bonds is 4.